The van der Waals surface area contributed by atoms with Gasteiger partial charge in [-0.2, -0.15) is 0 Å². The van der Waals surface area contributed by atoms with E-state index in [4.69, 9.17) is 0 Å². The molecular weight excluding hydrogens is 1210 g/mol. The van der Waals surface area contributed by atoms with E-state index in [1.54, 1.807) is 0 Å². The van der Waals surface area contributed by atoms with Gasteiger partial charge in [-0.25, -0.2) is 0 Å². The molecule has 0 spiro atoms. The molecule has 0 fully saturated rings. The van der Waals surface area contributed by atoms with Gasteiger partial charge in [-0.05, 0) is 186 Å². The first-order chi connectivity index (χ1) is 49.6. The van der Waals surface area contributed by atoms with Gasteiger partial charge in [0.2, 0.25) is 0 Å². The number of benzene rings is 17. The third kappa shape index (κ3) is 7.81. The third-order valence-corrected chi connectivity index (χ3v) is 21.9. The van der Waals surface area contributed by atoms with Crippen LogP contribution < -0.4 is 0 Å². The zero-order valence-electron chi connectivity index (χ0n) is 54.3. The molecule has 23 rings (SSSR count). The van der Waals surface area contributed by atoms with Gasteiger partial charge in [0.15, 0.2) is 0 Å². The van der Waals surface area contributed by atoms with Gasteiger partial charge in [-0.15, -0.1) is 0 Å². The Labute approximate surface area is 575 Å². The van der Waals surface area contributed by atoms with E-state index < -0.39 is 0 Å². The molecule has 0 unspecified atom stereocenters. The Kier molecular flexibility index (Phi) is 11.6. The molecule has 4 heteroatoms. The maximum atomic E-state index is 2.47. The van der Waals surface area contributed by atoms with Crippen LogP contribution in [0.15, 0.2) is 352 Å². The van der Waals surface area contributed by atoms with Crippen LogP contribution in [0.5, 0.6) is 0 Å². The highest BCUT2D eigenvalue weighted by molar-refractivity contribution is 6.23. The molecule has 0 N–H and O–H groups in total. The highest BCUT2D eigenvalue weighted by atomic mass is 15.0. The van der Waals surface area contributed by atoms with Crippen molar-refractivity contribution in [3.63, 3.8) is 0 Å². The summed E-state index contributed by atoms with van der Waals surface area (Å²) in [5.74, 6) is 0. The van der Waals surface area contributed by atoms with Gasteiger partial charge in [-0.3, -0.25) is 0 Å². The minimum Gasteiger partial charge on any atom is -0.309 e. The standard InChI is InChI=1S/C50H30N2.C46H28N2/c1-2-12-34(13-3-1)51-47-26-22-33(30-44(47)41-24-21-31-11-4-5-14-35(31)50(41)51)32-23-27-48-43(29-32)38-17-8-9-20-45(38)52(48)46-28-25-40-37-16-7-6-15-36(37)39-18-10-19-42(46)49(39)40;1-2-11-31(12-3-1)47-41-19-8-6-15-34(41)39-27-29(21-24-44(39)47)30-22-25-45-40(28-30)35-16-7-9-20-42(35)48(45)43-26-23-37-33-14-5-4-13-32(33)36-17-10-18-38(43)46(36)37/h1-30H;1-28H. The minimum absolute atomic E-state index is 1.17. The topological polar surface area (TPSA) is 19.7 Å². The summed E-state index contributed by atoms with van der Waals surface area (Å²) in [5.41, 5.74) is 30.1. The van der Waals surface area contributed by atoms with Crippen molar-refractivity contribution in [2.24, 2.45) is 0 Å². The van der Waals surface area contributed by atoms with Gasteiger partial charge >= 0.3 is 0 Å². The summed E-state index contributed by atoms with van der Waals surface area (Å²) in [6, 6.07) is 130. The smallest absolute Gasteiger partial charge is 0.0619 e. The second-order valence-corrected chi connectivity index (χ2v) is 27.0. The molecule has 21 aromatic rings. The number of para-hydroxylation sites is 5. The van der Waals surface area contributed by atoms with Crippen molar-refractivity contribution >= 4 is 120 Å². The van der Waals surface area contributed by atoms with E-state index >= 15 is 0 Å². The van der Waals surface area contributed by atoms with Crippen LogP contribution in [0.1, 0.15) is 0 Å². The molecule has 462 valence electrons. The fourth-order valence-electron chi connectivity index (χ4n) is 17.6. The lowest BCUT2D eigenvalue weighted by Gasteiger charge is -2.13. The lowest BCUT2D eigenvalue weighted by molar-refractivity contribution is 1.18. The number of rotatable bonds is 6. The van der Waals surface area contributed by atoms with Crippen LogP contribution >= 0.6 is 0 Å². The highest BCUT2D eigenvalue weighted by Gasteiger charge is 2.27. The van der Waals surface area contributed by atoms with Crippen molar-refractivity contribution < 1.29 is 0 Å². The summed E-state index contributed by atoms with van der Waals surface area (Å²) >= 11 is 0. The third-order valence-electron chi connectivity index (χ3n) is 21.9. The maximum absolute atomic E-state index is 2.47. The first-order valence-corrected chi connectivity index (χ1v) is 34.6. The Hall–Kier alpha value is -13.3. The molecule has 2 aliphatic rings. The van der Waals surface area contributed by atoms with Gasteiger partial charge in [0.1, 0.15) is 0 Å². The summed E-state index contributed by atoms with van der Waals surface area (Å²) in [7, 11) is 0. The van der Waals surface area contributed by atoms with Crippen LogP contribution in [0.25, 0.3) is 209 Å². The number of nitrogens with zero attached hydrogens (tertiary/aromatic N) is 4. The zero-order valence-corrected chi connectivity index (χ0v) is 54.3. The second kappa shape index (κ2) is 21.1. The normalized spacial score (nSPS) is 12.2. The molecular formula is C96H58N4. The average Bonchev–Trinajstić information content (AvgIpc) is 1.57. The lowest BCUT2D eigenvalue weighted by Crippen LogP contribution is -1.95. The van der Waals surface area contributed by atoms with Crippen molar-refractivity contribution in [3.05, 3.63) is 352 Å². The van der Waals surface area contributed by atoms with E-state index in [2.05, 4.69) is 370 Å². The van der Waals surface area contributed by atoms with Crippen LogP contribution in [0, 0.1) is 0 Å². The monoisotopic (exact) mass is 1270 g/mol. The molecule has 0 atom stereocenters. The summed E-state index contributed by atoms with van der Waals surface area (Å²) in [4.78, 5) is 0. The van der Waals surface area contributed by atoms with E-state index in [9.17, 15) is 0 Å². The quantitative estimate of drug-likeness (QED) is 0.158. The fourth-order valence-corrected chi connectivity index (χ4v) is 17.6. The first-order valence-electron chi connectivity index (χ1n) is 34.6. The van der Waals surface area contributed by atoms with Crippen LogP contribution in [0.2, 0.25) is 0 Å². The molecule has 4 nitrogen and oxygen atoms in total. The van der Waals surface area contributed by atoms with E-state index in [0.29, 0.717) is 0 Å². The van der Waals surface area contributed by atoms with Crippen molar-refractivity contribution in [2.45, 2.75) is 0 Å². The van der Waals surface area contributed by atoms with Crippen molar-refractivity contribution in [1.82, 2.24) is 18.3 Å². The van der Waals surface area contributed by atoms with E-state index in [-0.39, 0.29) is 0 Å². The van der Waals surface area contributed by atoms with Crippen LogP contribution in [0.3, 0.4) is 0 Å². The molecule has 0 bridgehead atoms. The van der Waals surface area contributed by atoms with E-state index in [0.717, 1.165) is 0 Å². The Morgan fingerprint density at radius 3 is 0.940 bits per heavy atom. The molecule has 4 heterocycles. The van der Waals surface area contributed by atoms with Gasteiger partial charge in [0.25, 0.3) is 0 Å². The van der Waals surface area contributed by atoms with Gasteiger partial charge in [0, 0.05) is 70.6 Å². The predicted molar refractivity (Wildman–Crippen MR) is 422 cm³/mol. The molecule has 0 amide bonds. The summed E-state index contributed by atoms with van der Waals surface area (Å²) in [5, 5.41) is 17.9. The molecule has 17 aromatic carbocycles. The average molecular weight is 1270 g/mol. The second-order valence-electron chi connectivity index (χ2n) is 27.0. The van der Waals surface area contributed by atoms with E-state index in [1.165, 1.54) is 209 Å². The Morgan fingerprint density at radius 1 is 0.160 bits per heavy atom. The van der Waals surface area contributed by atoms with Crippen molar-refractivity contribution in [2.75, 3.05) is 0 Å². The molecule has 0 saturated heterocycles. The van der Waals surface area contributed by atoms with Crippen LogP contribution in [-0.4, -0.2) is 18.3 Å². The number of hydrogen-bond donors (Lipinski definition) is 0. The molecule has 0 aliphatic heterocycles. The largest absolute Gasteiger partial charge is 0.309 e. The zero-order chi connectivity index (χ0) is 65.3. The van der Waals surface area contributed by atoms with E-state index in [1.807, 2.05) is 0 Å². The molecule has 100 heavy (non-hydrogen) atoms. The summed E-state index contributed by atoms with van der Waals surface area (Å²) in [6.45, 7) is 0. The summed E-state index contributed by atoms with van der Waals surface area (Å²) < 4.78 is 9.76. The SMILES string of the molecule is c1ccc(-n2c3ccc(-c4ccc5c(c4)c4ccccc4n5-c4ccc5c6c(cccc46)-c4ccccc4-5)cc3c3ccc4ccccc4c32)cc1.c1ccc(-n2c3ccccc3c3cc(-c4ccc5c(c4)c4ccccc4n5-c4ccc5c6c(cccc46)-c4ccccc4-5)ccc32)cc1. The highest BCUT2D eigenvalue weighted by Crippen LogP contribution is 2.52. The molecule has 0 saturated carbocycles. The Bertz CT molecular complexity index is 7020. The van der Waals surface area contributed by atoms with Crippen LogP contribution in [0.4, 0.5) is 0 Å². The van der Waals surface area contributed by atoms with Crippen molar-refractivity contribution in [3.8, 4) is 89.5 Å². The van der Waals surface area contributed by atoms with Gasteiger partial charge in [0.05, 0.1) is 55.5 Å². The molecule has 2 aliphatic carbocycles. The lowest BCUT2D eigenvalue weighted by atomic mass is 10.00. The van der Waals surface area contributed by atoms with Gasteiger partial charge in [-0.1, -0.05) is 249 Å². The van der Waals surface area contributed by atoms with Crippen LogP contribution in [-0.2, 0) is 0 Å². The van der Waals surface area contributed by atoms with Crippen molar-refractivity contribution in [1.29, 1.82) is 0 Å². The number of aromatic nitrogens is 4. The summed E-state index contributed by atoms with van der Waals surface area (Å²) in [6.07, 6.45) is 0. The maximum Gasteiger partial charge on any atom is 0.0619 e. The van der Waals surface area contributed by atoms with Gasteiger partial charge < -0.3 is 18.3 Å². The number of fused-ring (bicyclic) bond motifs is 20. The minimum atomic E-state index is 1.17. The Balaban J connectivity index is 0.000000128. The molecule has 0 radical (unpaired) electrons. The fraction of sp³-hybridized carbons (Fsp3) is 0. The predicted octanol–water partition coefficient (Wildman–Crippen LogP) is 25.9. The molecule has 4 aromatic heterocycles. The Morgan fingerprint density at radius 2 is 0.480 bits per heavy atom. The first kappa shape index (κ1) is 54.9. The number of hydrogen-bond acceptors (Lipinski definition) is 0.